The van der Waals surface area contributed by atoms with Gasteiger partial charge in [-0.2, -0.15) is 5.10 Å². The van der Waals surface area contributed by atoms with Gasteiger partial charge in [-0.25, -0.2) is 0 Å². The van der Waals surface area contributed by atoms with E-state index in [0.29, 0.717) is 6.61 Å². The monoisotopic (exact) mass is 274 g/mol. The van der Waals surface area contributed by atoms with E-state index in [1.807, 2.05) is 36.0 Å². The maximum absolute atomic E-state index is 5.83. The van der Waals surface area contributed by atoms with E-state index in [9.17, 15) is 0 Å². The zero-order valence-corrected chi connectivity index (χ0v) is 12.2. The highest BCUT2D eigenvalue weighted by molar-refractivity contribution is 5.29. The number of rotatable bonds is 8. The van der Waals surface area contributed by atoms with Crippen molar-refractivity contribution in [1.29, 1.82) is 0 Å². The molecule has 0 saturated carbocycles. The first-order valence-electron chi connectivity index (χ1n) is 7.07. The Labute approximate surface area is 120 Å². The highest BCUT2D eigenvalue weighted by Gasteiger charge is 2.05. The van der Waals surface area contributed by atoms with Crippen LogP contribution in [0.15, 0.2) is 30.6 Å². The first-order chi connectivity index (χ1) is 9.79. The molecule has 2 aromatic heterocycles. The number of pyridine rings is 1. The molecular weight excluding hydrogens is 252 g/mol. The van der Waals surface area contributed by atoms with Crippen LogP contribution in [-0.2, 0) is 13.1 Å². The van der Waals surface area contributed by atoms with Crippen molar-refractivity contribution >= 4 is 0 Å². The second-order valence-electron chi connectivity index (χ2n) is 4.69. The van der Waals surface area contributed by atoms with Crippen molar-refractivity contribution in [3.63, 3.8) is 0 Å². The summed E-state index contributed by atoms with van der Waals surface area (Å²) in [6.07, 6.45) is 4.81. The van der Waals surface area contributed by atoms with Gasteiger partial charge in [-0.3, -0.25) is 9.67 Å². The predicted molar refractivity (Wildman–Crippen MR) is 78.7 cm³/mol. The van der Waals surface area contributed by atoms with Crippen molar-refractivity contribution in [3.05, 3.63) is 42.0 Å². The molecule has 0 spiro atoms. The van der Waals surface area contributed by atoms with Crippen LogP contribution in [0.1, 0.15) is 24.7 Å². The molecule has 0 aromatic carbocycles. The number of nitrogens with one attached hydrogen (secondary N) is 1. The Kier molecular flexibility index (Phi) is 5.55. The molecule has 0 fully saturated rings. The SMILES string of the molecule is CCCNCc1nc(C)ccc1OCCn1cccn1. The van der Waals surface area contributed by atoms with Gasteiger partial charge in [0.15, 0.2) is 0 Å². The molecule has 0 radical (unpaired) electrons. The molecule has 2 rings (SSSR count). The minimum Gasteiger partial charge on any atom is -0.490 e. The molecule has 0 saturated heterocycles. The van der Waals surface area contributed by atoms with Crippen LogP contribution in [0.4, 0.5) is 0 Å². The molecule has 2 heterocycles. The molecule has 0 amide bonds. The molecule has 0 bridgehead atoms. The molecule has 0 atom stereocenters. The fourth-order valence-corrected chi connectivity index (χ4v) is 1.92. The average molecular weight is 274 g/mol. The third-order valence-electron chi connectivity index (χ3n) is 2.93. The van der Waals surface area contributed by atoms with Gasteiger partial charge < -0.3 is 10.1 Å². The Morgan fingerprint density at radius 1 is 1.35 bits per heavy atom. The van der Waals surface area contributed by atoms with E-state index in [0.717, 1.165) is 43.2 Å². The van der Waals surface area contributed by atoms with Gasteiger partial charge in [-0.05, 0) is 38.1 Å². The van der Waals surface area contributed by atoms with Crippen LogP contribution in [0.3, 0.4) is 0 Å². The van der Waals surface area contributed by atoms with Crippen molar-refractivity contribution in [2.24, 2.45) is 0 Å². The highest BCUT2D eigenvalue weighted by atomic mass is 16.5. The summed E-state index contributed by atoms with van der Waals surface area (Å²) in [5.74, 6) is 0.853. The van der Waals surface area contributed by atoms with Gasteiger partial charge in [0.25, 0.3) is 0 Å². The smallest absolute Gasteiger partial charge is 0.142 e. The van der Waals surface area contributed by atoms with Gasteiger partial charge >= 0.3 is 0 Å². The zero-order chi connectivity index (χ0) is 14.2. The van der Waals surface area contributed by atoms with Crippen molar-refractivity contribution in [2.45, 2.75) is 33.4 Å². The summed E-state index contributed by atoms with van der Waals surface area (Å²) in [5.41, 5.74) is 1.98. The fourth-order valence-electron chi connectivity index (χ4n) is 1.92. The van der Waals surface area contributed by atoms with Gasteiger partial charge in [0, 0.05) is 24.6 Å². The molecule has 2 aromatic rings. The lowest BCUT2D eigenvalue weighted by atomic mass is 10.2. The summed E-state index contributed by atoms with van der Waals surface area (Å²) in [6.45, 7) is 7.21. The number of hydrogen-bond acceptors (Lipinski definition) is 4. The molecule has 1 N–H and O–H groups in total. The highest BCUT2D eigenvalue weighted by Crippen LogP contribution is 2.16. The van der Waals surface area contributed by atoms with Crippen LogP contribution in [-0.4, -0.2) is 27.9 Å². The average Bonchev–Trinajstić information content (AvgIpc) is 2.95. The minimum absolute atomic E-state index is 0.590. The number of aryl methyl sites for hydroxylation is 1. The van der Waals surface area contributed by atoms with Crippen LogP contribution in [0.2, 0.25) is 0 Å². The van der Waals surface area contributed by atoms with E-state index in [1.54, 1.807) is 6.20 Å². The van der Waals surface area contributed by atoms with Crippen molar-refractivity contribution in [2.75, 3.05) is 13.2 Å². The Hall–Kier alpha value is -1.88. The first kappa shape index (κ1) is 14.5. The largest absolute Gasteiger partial charge is 0.490 e. The quantitative estimate of drug-likeness (QED) is 0.750. The van der Waals surface area contributed by atoms with Crippen molar-refractivity contribution < 1.29 is 4.74 Å². The number of aromatic nitrogens is 3. The third kappa shape index (κ3) is 4.35. The van der Waals surface area contributed by atoms with Crippen molar-refractivity contribution in [1.82, 2.24) is 20.1 Å². The maximum atomic E-state index is 5.83. The summed E-state index contributed by atoms with van der Waals surface area (Å²) in [6, 6.07) is 5.88. The van der Waals surface area contributed by atoms with Crippen LogP contribution in [0.25, 0.3) is 0 Å². The summed E-state index contributed by atoms with van der Waals surface area (Å²) in [4.78, 5) is 4.55. The lowest BCUT2D eigenvalue weighted by Gasteiger charge is -2.12. The van der Waals surface area contributed by atoms with Gasteiger partial charge in [-0.15, -0.1) is 0 Å². The lowest BCUT2D eigenvalue weighted by molar-refractivity contribution is 0.286. The Morgan fingerprint density at radius 2 is 2.25 bits per heavy atom. The molecule has 20 heavy (non-hydrogen) atoms. The summed E-state index contributed by atoms with van der Waals surface area (Å²) in [7, 11) is 0. The van der Waals surface area contributed by atoms with E-state index >= 15 is 0 Å². The Balaban J connectivity index is 1.91. The lowest BCUT2D eigenvalue weighted by Crippen LogP contribution is -2.17. The zero-order valence-electron chi connectivity index (χ0n) is 12.2. The van der Waals surface area contributed by atoms with Gasteiger partial charge in [0.05, 0.1) is 12.2 Å². The predicted octanol–water partition coefficient (Wildman–Crippen LogP) is 2.17. The fraction of sp³-hybridized carbons (Fsp3) is 0.467. The first-order valence-corrected chi connectivity index (χ1v) is 7.07. The summed E-state index contributed by atoms with van der Waals surface area (Å²) < 4.78 is 7.69. The van der Waals surface area contributed by atoms with Crippen molar-refractivity contribution in [3.8, 4) is 5.75 Å². The summed E-state index contributed by atoms with van der Waals surface area (Å²) in [5, 5.41) is 7.52. The number of nitrogens with zero attached hydrogens (tertiary/aromatic N) is 3. The topological polar surface area (TPSA) is 52.0 Å². The molecule has 5 nitrogen and oxygen atoms in total. The van der Waals surface area contributed by atoms with Gasteiger partial charge in [0.2, 0.25) is 0 Å². The normalized spacial score (nSPS) is 10.7. The second kappa shape index (κ2) is 7.65. The molecule has 5 heteroatoms. The molecule has 108 valence electrons. The van der Waals surface area contributed by atoms with E-state index in [2.05, 4.69) is 22.3 Å². The summed E-state index contributed by atoms with van der Waals surface area (Å²) >= 11 is 0. The molecule has 0 unspecified atom stereocenters. The number of ether oxygens (including phenoxy) is 1. The standard InChI is InChI=1S/C15H22N4O/c1-3-7-16-12-14-15(6-5-13(2)18-14)20-11-10-19-9-4-8-17-19/h4-6,8-9,16H,3,7,10-12H2,1-2H3. The number of hydrogen-bond donors (Lipinski definition) is 1. The van der Waals surface area contributed by atoms with Crippen LogP contribution >= 0.6 is 0 Å². The third-order valence-corrected chi connectivity index (χ3v) is 2.93. The van der Waals surface area contributed by atoms with Crippen LogP contribution < -0.4 is 10.1 Å². The second-order valence-corrected chi connectivity index (χ2v) is 4.69. The molecule has 0 aliphatic rings. The molecular formula is C15H22N4O. The van der Waals surface area contributed by atoms with Gasteiger partial charge in [-0.1, -0.05) is 6.92 Å². The van der Waals surface area contributed by atoms with E-state index in [1.165, 1.54) is 0 Å². The Morgan fingerprint density at radius 3 is 3.00 bits per heavy atom. The van der Waals surface area contributed by atoms with E-state index in [-0.39, 0.29) is 0 Å². The van der Waals surface area contributed by atoms with E-state index < -0.39 is 0 Å². The van der Waals surface area contributed by atoms with Crippen LogP contribution in [0.5, 0.6) is 5.75 Å². The molecule has 0 aliphatic heterocycles. The maximum Gasteiger partial charge on any atom is 0.142 e. The molecule has 0 aliphatic carbocycles. The van der Waals surface area contributed by atoms with E-state index in [4.69, 9.17) is 4.74 Å². The van der Waals surface area contributed by atoms with Gasteiger partial charge in [0.1, 0.15) is 12.4 Å². The minimum atomic E-state index is 0.590. The Bertz CT molecular complexity index is 511. The van der Waals surface area contributed by atoms with Crippen LogP contribution in [0, 0.1) is 6.92 Å².